The van der Waals surface area contributed by atoms with Gasteiger partial charge in [-0.3, -0.25) is 9.59 Å². The molecule has 0 heterocycles. The van der Waals surface area contributed by atoms with Gasteiger partial charge >= 0.3 is 0 Å². The van der Waals surface area contributed by atoms with Crippen molar-refractivity contribution in [2.45, 2.75) is 19.4 Å². The monoisotopic (exact) mass is 332 g/mol. The third-order valence-corrected chi connectivity index (χ3v) is 3.39. The van der Waals surface area contributed by atoms with Crippen LogP contribution in [0.2, 0.25) is 5.02 Å². The molecule has 23 heavy (non-hydrogen) atoms. The van der Waals surface area contributed by atoms with E-state index in [0.29, 0.717) is 28.4 Å². The topological polar surface area (TPSA) is 81.4 Å². The molecule has 120 valence electrons. The number of anilines is 1. The number of primary amides is 1. The van der Waals surface area contributed by atoms with Gasteiger partial charge in [0.25, 0.3) is 5.91 Å². The van der Waals surface area contributed by atoms with E-state index in [0.717, 1.165) is 0 Å². The molecule has 2 rings (SSSR count). The fourth-order valence-electron chi connectivity index (χ4n) is 2.00. The van der Waals surface area contributed by atoms with E-state index in [2.05, 4.69) is 5.32 Å². The second-order valence-electron chi connectivity index (χ2n) is 4.91. The Bertz CT molecular complexity index is 718. The minimum absolute atomic E-state index is 0.311. The summed E-state index contributed by atoms with van der Waals surface area (Å²) in [6, 6.07) is 13.3. The molecule has 0 aromatic heterocycles. The van der Waals surface area contributed by atoms with Crippen LogP contribution < -0.4 is 15.8 Å². The summed E-state index contributed by atoms with van der Waals surface area (Å²) in [4.78, 5) is 23.5. The van der Waals surface area contributed by atoms with Gasteiger partial charge in [-0.25, -0.2) is 0 Å². The maximum Gasteiger partial charge on any atom is 0.265 e. The normalized spacial score (nSPS) is 11.6. The summed E-state index contributed by atoms with van der Waals surface area (Å²) in [5.41, 5.74) is 6.04. The number of nitrogens with one attached hydrogen (secondary N) is 1. The van der Waals surface area contributed by atoms with Crippen LogP contribution in [0, 0.1) is 0 Å². The van der Waals surface area contributed by atoms with E-state index in [9.17, 15) is 9.59 Å². The van der Waals surface area contributed by atoms with E-state index in [-0.39, 0.29) is 5.91 Å². The van der Waals surface area contributed by atoms with Crippen LogP contribution >= 0.6 is 11.6 Å². The predicted molar refractivity (Wildman–Crippen MR) is 89.7 cm³/mol. The molecule has 2 amide bonds. The first-order valence-corrected chi connectivity index (χ1v) is 7.50. The number of carbonyl (C=O) groups is 2. The van der Waals surface area contributed by atoms with Crippen LogP contribution in [-0.4, -0.2) is 17.9 Å². The van der Waals surface area contributed by atoms with E-state index in [1.807, 2.05) is 6.92 Å². The van der Waals surface area contributed by atoms with Crippen molar-refractivity contribution in [3.05, 3.63) is 59.1 Å². The Balaban J connectivity index is 2.08. The van der Waals surface area contributed by atoms with Gasteiger partial charge in [0, 0.05) is 16.3 Å². The summed E-state index contributed by atoms with van der Waals surface area (Å²) in [5, 5.41) is 3.25. The quantitative estimate of drug-likeness (QED) is 0.852. The largest absolute Gasteiger partial charge is 0.481 e. The first-order valence-electron chi connectivity index (χ1n) is 7.12. The molecule has 0 radical (unpaired) electrons. The van der Waals surface area contributed by atoms with Crippen LogP contribution in [0.1, 0.15) is 23.7 Å². The lowest BCUT2D eigenvalue weighted by atomic mass is 10.2. The van der Waals surface area contributed by atoms with Gasteiger partial charge in [-0.2, -0.15) is 0 Å². The van der Waals surface area contributed by atoms with E-state index in [4.69, 9.17) is 22.1 Å². The Hall–Kier alpha value is -2.53. The first-order chi connectivity index (χ1) is 11.0. The molecule has 1 atom stereocenters. The van der Waals surface area contributed by atoms with E-state index >= 15 is 0 Å². The predicted octanol–water partition coefficient (Wildman–Crippen LogP) is 3.23. The number of hydrogen-bond donors (Lipinski definition) is 2. The number of amides is 2. The summed E-state index contributed by atoms with van der Waals surface area (Å²) in [7, 11) is 0. The van der Waals surface area contributed by atoms with E-state index < -0.39 is 12.0 Å². The number of nitrogens with two attached hydrogens (primary N) is 1. The zero-order valence-electron chi connectivity index (χ0n) is 12.6. The molecule has 2 aromatic carbocycles. The van der Waals surface area contributed by atoms with E-state index in [1.54, 1.807) is 42.5 Å². The molecular formula is C17H17ClN2O3. The molecule has 0 bridgehead atoms. The van der Waals surface area contributed by atoms with Crippen molar-refractivity contribution in [1.82, 2.24) is 0 Å². The summed E-state index contributed by atoms with van der Waals surface area (Å²) in [6.07, 6.45) is -0.195. The highest BCUT2D eigenvalue weighted by Crippen LogP contribution is 2.20. The van der Waals surface area contributed by atoms with Crippen LogP contribution in [0.15, 0.2) is 48.5 Å². The number of halogens is 1. The third kappa shape index (κ3) is 4.72. The number of hydrogen-bond acceptors (Lipinski definition) is 3. The highest BCUT2D eigenvalue weighted by Gasteiger charge is 2.19. The molecule has 0 aliphatic rings. The van der Waals surface area contributed by atoms with Gasteiger partial charge in [0.05, 0.1) is 0 Å². The smallest absolute Gasteiger partial charge is 0.265 e. The molecule has 0 spiro atoms. The average Bonchev–Trinajstić information content (AvgIpc) is 2.52. The molecule has 3 N–H and O–H groups in total. The van der Waals surface area contributed by atoms with Gasteiger partial charge in [0.1, 0.15) is 5.75 Å². The van der Waals surface area contributed by atoms with Crippen molar-refractivity contribution in [3.8, 4) is 5.75 Å². The van der Waals surface area contributed by atoms with Crippen LogP contribution in [0.25, 0.3) is 0 Å². The standard InChI is InChI=1S/C17H17ClN2O3/c1-2-15(23-14-8-4-6-12(18)10-14)17(22)20-13-7-3-5-11(9-13)16(19)21/h3-10,15H,2H2,1H3,(H2,19,21)(H,20,22). The van der Waals surface area contributed by atoms with Gasteiger partial charge in [0.2, 0.25) is 5.91 Å². The van der Waals surface area contributed by atoms with Crippen molar-refractivity contribution < 1.29 is 14.3 Å². The van der Waals surface area contributed by atoms with Crippen molar-refractivity contribution in [3.63, 3.8) is 0 Å². The molecule has 6 heteroatoms. The minimum Gasteiger partial charge on any atom is -0.481 e. The molecule has 0 aliphatic carbocycles. The lowest BCUT2D eigenvalue weighted by molar-refractivity contribution is -0.122. The van der Waals surface area contributed by atoms with Gasteiger partial charge in [0.15, 0.2) is 6.10 Å². The Morgan fingerprint density at radius 1 is 1.22 bits per heavy atom. The molecular weight excluding hydrogens is 316 g/mol. The fraction of sp³-hybridized carbons (Fsp3) is 0.176. The summed E-state index contributed by atoms with van der Waals surface area (Å²) in [6.45, 7) is 1.84. The summed E-state index contributed by atoms with van der Waals surface area (Å²) >= 11 is 5.90. The Morgan fingerprint density at radius 2 is 1.96 bits per heavy atom. The van der Waals surface area contributed by atoms with Gasteiger partial charge in [-0.1, -0.05) is 30.7 Å². The Morgan fingerprint density at radius 3 is 2.61 bits per heavy atom. The van der Waals surface area contributed by atoms with Crippen LogP contribution in [0.4, 0.5) is 5.69 Å². The fourth-order valence-corrected chi connectivity index (χ4v) is 2.18. The first kappa shape index (κ1) is 16.8. The third-order valence-electron chi connectivity index (χ3n) is 3.15. The number of ether oxygens (including phenoxy) is 1. The van der Waals surface area contributed by atoms with Gasteiger partial charge in [-0.15, -0.1) is 0 Å². The number of rotatable bonds is 6. The minimum atomic E-state index is -0.675. The van der Waals surface area contributed by atoms with Crippen molar-refractivity contribution in [1.29, 1.82) is 0 Å². The Kier molecular flexibility index (Phi) is 5.60. The molecule has 0 fully saturated rings. The highest BCUT2D eigenvalue weighted by atomic mass is 35.5. The van der Waals surface area contributed by atoms with Gasteiger partial charge in [-0.05, 0) is 42.8 Å². The Labute approximate surface area is 139 Å². The van der Waals surface area contributed by atoms with Gasteiger partial charge < -0.3 is 15.8 Å². The molecule has 5 nitrogen and oxygen atoms in total. The second kappa shape index (κ2) is 7.65. The average molecular weight is 333 g/mol. The summed E-state index contributed by atoms with van der Waals surface area (Å²) in [5.74, 6) is -0.345. The molecule has 2 aromatic rings. The van der Waals surface area contributed by atoms with E-state index in [1.165, 1.54) is 6.07 Å². The van der Waals surface area contributed by atoms with Crippen LogP contribution in [-0.2, 0) is 4.79 Å². The molecule has 0 saturated heterocycles. The van der Waals surface area contributed by atoms with Crippen molar-refractivity contribution in [2.24, 2.45) is 5.73 Å². The molecule has 1 unspecified atom stereocenters. The SMILES string of the molecule is CCC(Oc1cccc(Cl)c1)C(=O)Nc1cccc(C(N)=O)c1. The lowest BCUT2D eigenvalue weighted by Crippen LogP contribution is -2.32. The highest BCUT2D eigenvalue weighted by molar-refractivity contribution is 6.30. The number of benzene rings is 2. The molecule has 0 saturated carbocycles. The second-order valence-corrected chi connectivity index (χ2v) is 5.34. The zero-order valence-corrected chi connectivity index (χ0v) is 13.3. The molecule has 0 aliphatic heterocycles. The van der Waals surface area contributed by atoms with Crippen molar-refractivity contribution in [2.75, 3.05) is 5.32 Å². The van der Waals surface area contributed by atoms with Crippen molar-refractivity contribution >= 4 is 29.1 Å². The van der Waals surface area contributed by atoms with Crippen LogP contribution in [0.5, 0.6) is 5.75 Å². The van der Waals surface area contributed by atoms with Crippen LogP contribution in [0.3, 0.4) is 0 Å². The maximum absolute atomic E-state index is 12.3. The summed E-state index contributed by atoms with van der Waals surface area (Å²) < 4.78 is 5.67. The number of carbonyl (C=O) groups excluding carboxylic acids is 2. The maximum atomic E-state index is 12.3. The zero-order chi connectivity index (χ0) is 16.8. The lowest BCUT2D eigenvalue weighted by Gasteiger charge is -2.17.